The zero-order valence-electron chi connectivity index (χ0n) is 7.16. The average molecular weight is 187 g/mol. The molecular weight excluding hydrogens is 174 g/mol. The third-order valence-corrected chi connectivity index (χ3v) is 4.81. The number of hydrogen-bond acceptors (Lipinski definition) is 3. The Bertz CT molecular complexity index is 289. The van der Waals surface area contributed by atoms with Crippen LogP contribution in [-0.4, -0.2) is 19.4 Å². The van der Waals surface area contributed by atoms with Gasteiger partial charge in [0.05, 0.1) is 23.0 Å². The van der Waals surface area contributed by atoms with Crippen LogP contribution >= 0.6 is 0 Å². The van der Waals surface area contributed by atoms with Gasteiger partial charge in [0, 0.05) is 0 Å². The molecule has 0 aromatic heterocycles. The van der Waals surface area contributed by atoms with Crippen molar-refractivity contribution in [3.05, 3.63) is 0 Å². The number of nitrogens with zero attached hydrogens (tertiary/aromatic N) is 1. The molecule has 1 saturated heterocycles. The minimum atomic E-state index is -2.96. The summed E-state index contributed by atoms with van der Waals surface area (Å²) in [6, 6.07) is 2.01. The Morgan fingerprint density at radius 1 is 1.50 bits per heavy atom. The Balaban J connectivity index is 2.82. The first-order chi connectivity index (χ1) is 5.58. The topological polar surface area (TPSA) is 57.9 Å². The van der Waals surface area contributed by atoms with Crippen molar-refractivity contribution >= 4 is 9.84 Å². The van der Waals surface area contributed by atoms with Gasteiger partial charge in [-0.3, -0.25) is 0 Å². The van der Waals surface area contributed by atoms with Crippen molar-refractivity contribution in [1.82, 2.24) is 0 Å². The van der Waals surface area contributed by atoms with E-state index in [1.54, 1.807) is 6.92 Å². The Hall–Kier alpha value is -0.560. The van der Waals surface area contributed by atoms with E-state index in [1.807, 2.05) is 6.07 Å². The summed E-state index contributed by atoms with van der Waals surface area (Å²) in [4.78, 5) is 0. The summed E-state index contributed by atoms with van der Waals surface area (Å²) in [6.07, 6.45) is 2.37. The van der Waals surface area contributed by atoms with Gasteiger partial charge in [0.15, 0.2) is 9.84 Å². The zero-order chi connectivity index (χ0) is 9.19. The highest BCUT2D eigenvalue weighted by Gasteiger charge is 2.32. The third-order valence-electron chi connectivity index (χ3n) is 2.39. The van der Waals surface area contributed by atoms with Gasteiger partial charge >= 0.3 is 0 Å². The summed E-state index contributed by atoms with van der Waals surface area (Å²) in [5.41, 5.74) is 0. The molecule has 3 nitrogen and oxygen atoms in total. The summed E-state index contributed by atoms with van der Waals surface area (Å²) in [6.45, 7) is 1.69. The molecule has 1 aliphatic heterocycles. The molecule has 1 heterocycles. The number of hydrogen-bond donors (Lipinski definition) is 0. The Morgan fingerprint density at radius 2 is 2.17 bits per heavy atom. The molecule has 2 unspecified atom stereocenters. The molecule has 0 bridgehead atoms. The van der Waals surface area contributed by atoms with Crippen molar-refractivity contribution < 1.29 is 8.42 Å². The summed E-state index contributed by atoms with van der Waals surface area (Å²) in [5.74, 6) is -0.0840. The first-order valence-corrected chi connectivity index (χ1v) is 5.90. The maximum Gasteiger partial charge on any atom is 0.154 e. The van der Waals surface area contributed by atoms with Gasteiger partial charge in [0.1, 0.15) is 0 Å². The van der Waals surface area contributed by atoms with Crippen LogP contribution in [0.3, 0.4) is 0 Å². The van der Waals surface area contributed by atoms with Gasteiger partial charge in [-0.15, -0.1) is 0 Å². The van der Waals surface area contributed by atoms with Gasteiger partial charge in [-0.25, -0.2) is 8.42 Å². The van der Waals surface area contributed by atoms with E-state index in [4.69, 9.17) is 5.26 Å². The van der Waals surface area contributed by atoms with Gasteiger partial charge in [-0.1, -0.05) is 6.42 Å². The Labute approximate surface area is 73.3 Å². The molecule has 12 heavy (non-hydrogen) atoms. The van der Waals surface area contributed by atoms with Crippen molar-refractivity contribution in [3.63, 3.8) is 0 Å². The lowest BCUT2D eigenvalue weighted by molar-refractivity contribution is 0.504. The molecule has 2 atom stereocenters. The average Bonchev–Trinajstić information content (AvgIpc) is 2.02. The van der Waals surface area contributed by atoms with Crippen molar-refractivity contribution in [2.75, 3.05) is 5.75 Å². The fourth-order valence-corrected chi connectivity index (χ4v) is 3.74. The summed E-state index contributed by atoms with van der Waals surface area (Å²) in [7, 11) is -2.96. The molecule has 1 aliphatic rings. The van der Waals surface area contributed by atoms with Crippen molar-refractivity contribution in [2.45, 2.75) is 31.4 Å². The molecule has 0 aliphatic carbocycles. The Morgan fingerprint density at radius 3 is 2.67 bits per heavy atom. The summed E-state index contributed by atoms with van der Waals surface area (Å²) >= 11 is 0. The van der Waals surface area contributed by atoms with Crippen LogP contribution in [0.1, 0.15) is 26.2 Å². The summed E-state index contributed by atoms with van der Waals surface area (Å²) in [5, 5.41) is 8.20. The highest BCUT2D eigenvalue weighted by Crippen LogP contribution is 2.25. The van der Waals surface area contributed by atoms with Crippen LogP contribution < -0.4 is 0 Å². The lowest BCUT2D eigenvalue weighted by Crippen LogP contribution is -2.33. The minimum absolute atomic E-state index is 0.268. The van der Waals surface area contributed by atoms with Gasteiger partial charge in [-0.05, 0) is 19.8 Å². The lowest BCUT2D eigenvalue weighted by atomic mass is 10.0. The van der Waals surface area contributed by atoms with E-state index in [9.17, 15) is 8.42 Å². The van der Waals surface area contributed by atoms with E-state index >= 15 is 0 Å². The van der Waals surface area contributed by atoms with Crippen molar-refractivity contribution in [3.8, 4) is 6.07 Å². The van der Waals surface area contributed by atoms with Crippen molar-refractivity contribution in [2.24, 2.45) is 5.92 Å². The van der Waals surface area contributed by atoms with Gasteiger partial charge in [0.25, 0.3) is 0 Å². The second-order valence-electron chi connectivity index (χ2n) is 3.32. The van der Waals surface area contributed by atoms with Gasteiger partial charge in [0.2, 0.25) is 0 Å². The summed E-state index contributed by atoms with van der Waals surface area (Å²) < 4.78 is 22.9. The van der Waals surface area contributed by atoms with Crippen LogP contribution in [-0.2, 0) is 9.84 Å². The molecule has 0 spiro atoms. The first kappa shape index (κ1) is 9.53. The van der Waals surface area contributed by atoms with E-state index in [-0.39, 0.29) is 11.7 Å². The molecule has 0 amide bonds. The number of sulfone groups is 1. The fraction of sp³-hybridized carbons (Fsp3) is 0.875. The molecule has 0 N–H and O–H groups in total. The highest BCUT2D eigenvalue weighted by atomic mass is 32.2. The molecule has 4 heteroatoms. The standard InChI is InChI=1S/C8H13NO2S/c1-7(6-9)8-4-2-3-5-12(8,10)11/h7-8H,2-5H2,1H3. The molecule has 1 rings (SSSR count). The molecule has 0 radical (unpaired) electrons. The molecule has 68 valence electrons. The number of rotatable bonds is 1. The number of nitriles is 1. The molecule has 0 aromatic rings. The van der Waals surface area contributed by atoms with Crippen LogP contribution in [0.2, 0.25) is 0 Å². The van der Waals surface area contributed by atoms with E-state index in [0.717, 1.165) is 12.8 Å². The quantitative estimate of drug-likeness (QED) is 0.618. The maximum absolute atomic E-state index is 11.4. The molecule has 0 saturated carbocycles. The SMILES string of the molecule is CC(C#N)C1CCCCS1(=O)=O. The zero-order valence-corrected chi connectivity index (χ0v) is 7.97. The Kier molecular flexibility index (Phi) is 2.73. The van der Waals surface area contributed by atoms with Crippen LogP contribution in [0.25, 0.3) is 0 Å². The van der Waals surface area contributed by atoms with Crippen LogP contribution in [0.5, 0.6) is 0 Å². The van der Waals surface area contributed by atoms with Crippen LogP contribution in [0, 0.1) is 17.2 Å². The molecular formula is C8H13NO2S. The third kappa shape index (κ3) is 1.78. The first-order valence-electron chi connectivity index (χ1n) is 4.19. The van der Waals surface area contributed by atoms with Crippen LogP contribution in [0.15, 0.2) is 0 Å². The minimum Gasteiger partial charge on any atom is -0.229 e. The van der Waals surface area contributed by atoms with E-state index in [0.29, 0.717) is 6.42 Å². The lowest BCUT2D eigenvalue weighted by Gasteiger charge is -2.23. The fourth-order valence-electron chi connectivity index (χ4n) is 1.62. The monoisotopic (exact) mass is 187 g/mol. The van der Waals surface area contributed by atoms with Crippen LogP contribution in [0.4, 0.5) is 0 Å². The molecule has 0 aromatic carbocycles. The second kappa shape index (κ2) is 3.44. The van der Waals surface area contributed by atoms with Gasteiger partial charge in [-0.2, -0.15) is 5.26 Å². The highest BCUT2D eigenvalue weighted by molar-refractivity contribution is 7.92. The van der Waals surface area contributed by atoms with E-state index in [2.05, 4.69) is 0 Å². The largest absolute Gasteiger partial charge is 0.229 e. The predicted molar refractivity (Wildman–Crippen MR) is 46.2 cm³/mol. The second-order valence-corrected chi connectivity index (χ2v) is 5.66. The predicted octanol–water partition coefficient (Wildman–Crippen LogP) is 1.11. The smallest absolute Gasteiger partial charge is 0.154 e. The van der Waals surface area contributed by atoms with E-state index in [1.165, 1.54) is 0 Å². The molecule has 1 fully saturated rings. The van der Waals surface area contributed by atoms with Gasteiger partial charge < -0.3 is 0 Å². The van der Waals surface area contributed by atoms with E-state index < -0.39 is 15.1 Å². The normalized spacial score (nSPS) is 30.5. The van der Waals surface area contributed by atoms with Crippen molar-refractivity contribution in [1.29, 1.82) is 5.26 Å². The maximum atomic E-state index is 11.4.